The molecule has 4 unspecified atom stereocenters. The Morgan fingerprint density at radius 3 is 2.22 bits per heavy atom. The molecule has 1 saturated carbocycles. The Hall–Kier alpha value is -3.36. The minimum atomic E-state index is -4.59. The first-order chi connectivity index (χ1) is 24.0. The van der Waals surface area contributed by atoms with Crippen molar-refractivity contribution >= 4 is 5.95 Å². The number of piperidine rings is 1. The van der Waals surface area contributed by atoms with E-state index in [0.717, 1.165) is 30.0 Å². The minimum absolute atomic E-state index is 0.0396. The first kappa shape index (κ1) is 37.4. The van der Waals surface area contributed by atoms with Gasteiger partial charge in [-0.15, -0.1) is 0 Å². The maximum atomic E-state index is 17.3. The molecule has 6 rings (SSSR count). The van der Waals surface area contributed by atoms with Gasteiger partial charge in [0.05, 0.1) is 36.7 Å². The van der Waals surface area contributed by atoms with Gasteiger partial charge in [0.25, 0.3) is 0 Å². The second-order valence-electron chi connectivity index (χ2n) is 15.2. The Morgan fingerprint density at radius 2 is 1.63 bits per heavy atom. The van der Waals surface area contributed by atoms with Gasteiger partial charge in [-0.25, -0.2) is 23.1 Å². The van der Waals surface area contributed by atoms with Gasteiger partial charge in [-0.3, -0.25) is 0 Å². The number of ether oxygens (including phenoxy) is 1. The highest BCUT2D eigenvalue weighted by molar-refractivity contribution is 5.53. The van der Waals surface area contributed by atoms with Gasteiger partial charge in [0.1, 0.15) is 18.9 Å². The number of benzene rings is 1. The van der Waals surface area contributed by atoms with E-state index in [4.69, 9.17) is 9.84 Å². The first-order valence-corrected chi connectivity index (χ1v) is 17.6. The van der Waals surface area contributed by atoms with Crippen LogP contribution in [0, 0.1) is 17.3 Å². The average Bonchev–Trinajstić information content (AvgIpc) is 3.09. The molecule has 1 aromatic carbocycles. The largest absolute Gasteiger partial charge is 0.488 e. The van der Waals surface area contributed by atoms with E-state index in [1.165, 1.54) is 12.4 Å². The molecule has 1 saturated heterocycles. The fraction of sp³-hybridized carbons (Fsp3) is 0.622. The normalized spacial score (nSPS) is 25.7. The van der Waals surface area contributed by atoms with Crippen LogP contribution in [0.3, 0.4) is 0 Å². The zero-order valence-corrected chi connectivity index (χ0v) is 28.8. The predicted octanol–water partition coefficient (Wildman–Crippen LogP) is 6.68. The van der Waals surface area contributed by atoms with Crippen molar-refractivity contribution in [1.82, 2.24) is 15.3 Å². The number of nitrogens with one attached hydrogen (secondary N) is 1. The fourth-order valence-corrected chi connectivity index (χ4v) is 8.23. The lowest BCUT2D eigenvalue weighted by Crippen LogP contribution is -2.50. The maximum absolute atomic E-state index is 17.3. The average molecular weight is 725 g/mol. The van der Waals surface area contributed by atoms with E-state index in [2.05, 4.69) is 15.3 Å². The number of aromatic nitrogens is 2. The molecule has 14 heteroatoms. The number of allylic oxidation sites excluding steroid dienone is 1. The van der Waals surface area contributed by atoms with Gasteiger partial charge in [-0.1, -0.05) is 26.0 Å². The molecule has 1 aromatic heterocycles. The van der Waals surface area contributed by atoms with E-state index in [0.29, 0.717) is 67.2 Å². The van der Waals surface area contributed by atoms with Crippen LogP contribution in [-0.2, 0) is 6.18 Å². The molecule has 0 radical (unpaired) electrons. The number of anilines is 1. The van der Waals surface area contributed by atoms with Crippen LogP contribution in [0.1, 0.15) is 82.5 Å². The second-order valence-corrected chi connectivity index (χ2v) is 15.2. The van der Waals surface area contributed by atoms with Crippen LogP contribution >= 0.6 is 0 Å². The highest BCUT2D eigenvalue weighted by Crippen LogP contribution is 2.53. The van der Waals surface area contributed by atoms with Gasteiger partial charge >= 0.3 is 6.18 Å². The van der Waals surface area contributed by atoms with Crippen molar-refractivity contribution in [3.05, 3.63) is 70.2 Å². The number of halogens is 6. The number of aliphatic hydroxyl groups excluding tert-OH is 3. The quantitative estimate of drug-likeness (QED) is 0.212. The number of aliphatic hydroxyl groups is 3. The summed E-state index contributed by atoms with van der Waals surface area (Å²) in [6.07, 6.45) is -3.84. The standard InChI is InChI=1S/C37H46F6N4O4/c1-35(2)15-27-30(28(50)16-35)29(21-7-11-36(39,40)12-8-21)31(32(38)22-3-5-24(6-4-22)37(41,42)43)33(46-27)23-9-13-47(14-10-23)34-44-17-26(18-45-34)51-20-25(49)19-48/h3-6,17-18,21,23,25,28,32-33,46,48-50H,7-16,19-20H2,1-2H3. The third-order valence-corrected chi connectivity index (χ3v) is 10.8. The molecule has 3 heterocycles. The summed E-state index contributed by atoms with van der Waals surface area (Å²) in [5.74, 6) is -2.63. The van der Waals surface area contributed by atoms with Gasteiger partial charge in [-0.05, 0) is 84.6 Å². The molecular weight excluding hydrogens is 678 g/mol. The monoisotopic (exact) mass is 724 g/mol. The van der Waals surface area contributed by atoms with Crippen LogP contribution in [0.4, 0.5) is 32.3 Å². The van der Waals surface area contributed by atoms with Crippen molar-refractivity contribution in [3.8, 4) is 5.75 Å². The molecule has 2 aliphatic carbocycles. The molecule has 2 fully saturated rings. The predicted molar refractivity (Wildman–Crippen MR) is 178 cm³/mol. The Morgan fingerprint density at radius 1 is 1.00 bits per heavy atom. The maximum Gasteiger partial charge on any atom is 0.416 e. The van der Waals surface area contributed by atoms with E-state index < -0.39 is 54.6 Å². The number of dihydropyridines is 1. The van der Waals surface area contributed by atoms with Crippen LogP contribution in [-0.4, -0.2) is 75.8 Å². The molecule has 0 bridgehead atoms. The molecule has 0 spiro atoms. The third kappa shape index (κ3) is 8.33. The molecule has 51 heavy (non-hydrogen) atoms. The van der Waals surface area contributed by atoms with E-state index >= 15 is 4.39 Å². The number of alkyl halides is 6. The zero-order chi connectivity index (χ0) is 36.7. The van der Waals surface area contributed by atoms with Gasteiger partial charge in [0, 0.05) is 37.2 Å². The van der Waals surface area contributed by atoms with Crippen LogP contribution in [0.2, 0.25) is 0 Å². The molecule has 8 nitrogen and oxygen atoms in total. The van der Waals surface area contributed by atoms with E-state index in [-0.39, 0.29) is 49.2 Å². The van der Waals surface area contributed by atoms with Gasteiger partial charge in [0.15, 0.2) is 5.75 Å². The Balaban J connectivity index is 1.34. The molecule has 4 atom stereocenters. The lowest BCUT2D eigenvalue weighted by atomic mass is 9.64. The Labute approximate surface area is 293 Å². The van der Waals surface area contributed by atoms with Crippen molar-refractivity contribution in [2.75, 3.05) is 31.2 Å². The van der Waals surface area contributed by atoms with Crippen molar-refractivity contribution in [2.45, 2.75) is 102 Å². The number of hydrogen-bond donors (Lipinski definition) is 4. The van der Waals surface area contributed by atoms with Crippen LogP contribution in [0.5, 0.6) is 5.75 Å². The number of hydrogen-bond acceptors (Lipinski definition) is 8. The van der Waals surface area contributed by atoms with Crippen LogP contribution < -0.4 is 15.0 Å². The van der Waals surface area contributed by atoms with Crippen molar-refractivity contribution in [1.29, 1.82) is 0 Å². The van der Waals surface area contributed by atoms with Crippen molar-refractivity contribution < 1.29 is 46.4 Å². The highest BCUT2D eigenvalue weighted by Gasteiger charge is 2.48. The summed E-state index contributed by atoms with van der Waals surface area (Å²) in [4.78, 5) is 10.8. The molecular formula is C37H46F6N4O4. The summed E-state index contributed by atoms with van der Waals surface area (Å²) in [6.45, 7) is 4.56. The summed E-state index contributed by atoms with van der Waals surface area (Å²) in [5, 5.41) is 33.8. The van der Waals surface area contributed by atoms with E-state index in [1.807, 2.05) is 18.7 Å². The van der Waals surface area contributed by atoms with E-state index in [9.17, 15) is 32.2 Å². The van der Waals surface area contributed by atoms with Crippen LogP contribution in [0.25, 0.3) is 0 Å². The third-order valence-electron chi connectivity index (χ3n) is 10.8. The SMILES string of the molecule is CC1(C)CC2=C(C(C3CCC(F)(F)CC3)=C(C(F)c3ccc(C(F)(F)F)cc3)C(C3CCN(c4ncc(OCC(O)CO)cn4)CC3)N2)C(O)C1. The first-order valence-electron chi connectivity index (χ1n) is 17.6. The summed E-state index contributed by atoms with van der Waals surface area (Å²) >= 11 is 0. The topological polar surface area (TPSA) is 111 Å². The summed E-state index contributed by atoms with van der Waals surface area (Å²) in [7, 11) is 0. The van der Waals surface area contributed by atoms with E-state index in [1.54, 1.807) is 0 Å². The summed E-state index contributed by atoms with van der Waals surface area (Å²) in [5.41, 5.74) is 1.09. The molecule has 2 aliphatic heterocycles. The summed E-state index contributed by atoms with van der Waals surface area (Å²) in [6, 6.07) is 3.43. The minimum Gasteiger partial charge on any atom is -0.488 e. The number of nitrogens with zero attached hydrogens (tertiary/aromatic N) is 3. The Kier molecular flexibility index (Phi) is 10.7. The van der Waals surface area contributed by atoms with Crippen molar-refractivity contribution in [3.63, 3.8) is 0 Å². The van der Waals surface area contributed by atoms with Gasteiger partial charge in [-0.2, -0.15) is 13.2 Å². The van der Waals surface area contributed by atoms with Crippen molar-refractivity contribution in [2.24, 2.45) is 17.3 Å². The molecule has 280 valence electrons. The smallest absolute Gasteiger partial charge is 0.416 e. The summed E-state index contributed by atoms with van der Waals surface area (Å²) < 4.78 is 91.9. The van der Waals surface area contributed by atoms with Crippen LogP contribution in [0.15, 0.2) is 59.1 Å². The Bertz CT molecular complexity index is 1580. The molecule has 4 N–H and O–H groups in total. The molecule has 2 aromatic rings. The zero-order valence-electron chi connectivity index (χ0n) is 28.8. The molecule has 4 aliphatic rings. The fourth-order valence-electron chi connectivity index (χ4n) is 8.23. The highest BCUT2D eigenvalue weighted by atomic mass is 19.4. The second kappa shape index (κ2) is 14.6. The lowest BCUT2D eigenvalue weighted by molar-refractivity contribution is -0.137. The van der Waals surface area contributed by atoms with Gasteiger partial charge < -0.3 is 30.3 Å². The molecule has 0 amide bonds. The number of rotatable bonds is 9. The lowest BCUT2D eigenvalue weighted by Gasteiger charge is -2.48. The van der Waals surface area contributed by atoms with Gasteiger partial charge in [0.2, 0.25) is 11.9 Å².